The molecular formula is C3H7O2RfS-. The summed E-state index contributed by atoms with van der Waals surface area (Å²) < 4.78 is 17.8. The summed E-state index contributed by atoms with van der Waals surface area (Å²) in [6.45, 7) is 3.21. The van der Waals surface area contributed by atoms with Crippen molar-refractivity contribution in [2.24, 2.45) is 0 Å². The van der Waals surface area contributed by atoms with Gasteiger partial charge in [0, 0.05) is 0 Å². The van der Waals surface area contributed by atoms with Gasteiger partial charge in [0.2, 0.25) is 0 Å². The average Bonchev–Trinajstić information content (AvgIpc) is 1.36. The third-order valence-electron chi connectivity index (χ3n) is 0.349. The van der Waals surface area contributed by atoms with E-state index in [4.69, 9.17) is 4.55 Å². The minimum absolute atomic E-state index is 0. The van der Waals surface area contributed by atoms with Gasteiger partial charge in [-0.3, -0.25) is 4.21 Å². The van der Waals surface area contributed by atoms with Crippen molar-refractivity contribution in [2.45, 2.75) is 13.8 Å². The fourth-order valence-electron chi connectivity index (χ4n) is 0. The van der Waals surface area contributed by atoms with Crippen molar-refractivity contribution in [1.29, 1.82) is 0 Å². The molecule has 0 spiro atoms. The summed E-state index contributed by atoms with van der Waals surface area (Å²) in [5.74, 6) is 0. The smallest absolute Gasteiger partial charge is 0 e. The van der Waals surface area contributed by atoms with Gasteiger partial charge in [-0.15, -0.1) is 0 Å². The Hall–Kier alpha value is -0.890. The van der Waals surface area contributed by atoms with Crippen molar-refractivity contribution < 1.29 is 8.76 Å². The topological polar surface area (TPSA) is 37.3 Å². The van der Waals surface area contributed by atoms with Crippen molar-refractivity contribution in [2.75, 3.05) is 0 Å². The van der Waals surface area contributed by atoms with Crippen LogP contribution in [0.2, 0.25) is 0 Å². The molecule has 0 aliphatic rings. The summed E-state index contributed by atoms with van der Waals surface area (Å²) in [4.78, 5) is 0. The molecule has 40 valence electrons. The van der Waals surface area contributed by atoms with Gasteiger partial charge in [0.25, 0.3) is 0 Å². The monoisotopic (exact) mass is 374 g/mol. The molecule has 0 aromatic carbocycles. The van der Waals surface area contributed by atoms with Crippen LogP contribution in [-0.4, -0.2) is 8.76 Å². The van der Waals surface area contributed by atoms with Crippen molar-refractivity contribution >= 4 is 11.1 Å². The molecule has 1 atom stereocenters. The molecule has 0 bridgehead atoms. The van der Waals surface area contributed by atoms with E-state index in [1.165, 1.54) is 0 Å². The number of hydrogen-bond donors (Lipinski definition) is 1. The zero-order valence-electron chi connectivity index (χ0n) is 4.47. The van der Waals surface area contributed by atoms with Crippen LogP contribution in [0, 0.1) is 5.25 Å². The van der Waals surface area contributed by atoms with E-state index in [0.29, 0.717) is 5.25 Å². The van der Waals surface area contributed by atoms with Gasteiger partial charge < -0.3 is 4.55 Å². The molecule has 0 amide bonds. The number of hydrogen-bond acceptors (Lipinski definition) is 1. The molecule has 0 saturated heterocycles. The van der Waals surface area contributed by atoms with E-state index in [1.54, 1.807) is 13.8 Å². The van der Waals surface area contributed by atoms with Crippen LogP contribution in [0.3, 0.4) is 0 Å². The Morgan fingerprint density at radius 3 is 1.71 bits per heavy atom. The van der Waals surface area contributed by atoms with E-state index in [1.807, 2.05) is 0 Å². The Bertz CT molecular complexity index is 64.0. The maximum atomic E-state index is 9.77. The Morgan fingerprint density at radius 2 is 1.71 bits per heavy atom. The first kappa shape index (κ1) is 9.44. The number of rotatable bonds is 1. The van der Waals surface area contributed by atoms with Gasteiger partial charge in [0.15, 0.2) is 0 Å². The van der Waals surface area contributed by atoms with Gasteiger partial charge in [-0.2, -0.15) is 13.8 Å². The summed E-state index contributed by atoms with van der Waals surface area (Å²) in [5, 5.41) is 0.537. The van der Waals surface area contributed by atoms with Crippen LogP contribution in [0.5, 0.6) is 0 Å². The van der Waals surface area contributed by atoms with Gasteiger partial charge in [0.05, 0.1) is 0 Å². The molecule has 2 nitrogen and oxygen atoms in total. The minimum Gasteiger partial charge on any atom is -0.332 e. The Morgan fingerprint density at radius 1 is 1.57 bits per heavy atom. The summed E-state index contributed by atoms with van der Waals surface area (Å²) in [7, 11) is 0. The maximum absolute atomic E-state index is 9.77. The first-order chi connectivity index (χ1) is 2.64. The van der Waals surface area contributed by atoms with Gasteiger partial charge in [-0.1, -0.05) is 0 Å². The van der Waals surface area contributed by atoms with Gasteiger partial charge >= 0.3 is 0 Å². The minimum atomic E-state index is -1.70. The van der Waals surface area contributed by atoms with E-state index >= 15 is 0 Å². The van der Waals surface area contributed by atoms with Gasteiger partial charge in [0.1, 0.15) is 0 Å². The quantitative estimate of drug-likeness (QED) is 0.544. The molecule has 1 unspecified atom stereocenters. The molecule has 0 aliphatic heterocycles. The summed E-state index contributed by atoms with van der Waals surface area (Å²) in [6.07, 6.45) is 0. The van der Waals surface area contributed by atoms with Crippen LogP contribution in [0.15, 0.2) is 0 Å². The molecule has 0 radical (unpaired) electrons. The van der Waals surface area contributed by atoms with Crippen LogP contribution in [0.4, 0.5) is 0 Å². The molecule has 7 heavy (non-hydrogen) atoms. The van der Waals surface area contributed by atoms with E-state index in [-0.39, 0.29) is 0 Å². The molecule has 4 heteroatoms. The third kappa shape index (κ3) is 5.11. The summed E-state index contributed by atoms with van der Waals surface area (Å²) >= 11 is -1.70. The molecule has 0 aliphatic carbocycles. The van der Waals surface area contributed by atoms with Crippen molar-refractivity contribution in [1.82, 2.24) is 0 Å². The van der Waals surface area contributed by atoms with Gasteiger partial charge in [-0.05, 0) is 11.1 Å². The Labute approximate surface area is 39.8 Å². The van der Waals surface area contributed by atoms with Crippen LogP contribution in [-0.2, 0) is 11.1 Å². The predicted molar refractivity (Wildman–Crippen MR) is 25.4 cm³/mol. The zero-order valence-corrected chi connectivity index (χ0v) is 11.7. The SMILES string of the molecule is C[C-](C)S(=O)O.[Rf]. The fourth-order valence-corrected chi connectivity index (χ4v) is 0. The molecule has 0 aromatic heterocycles. The fraction of sp³-hybridized carbons (Fsp3) is 0.667. The predicted octanol–water partition coefficient (Wildman–Crippen LogP) is 0.780. The standard InChI is InChI=1S/C3H7O2S.Rf/c1-3(2)6(4)5;/h1-2H3,(H,4,5);/q-1;. The molecule has 0 fully saturated rings. The Kier molecular flexibility index (Phi) is 4.46. The van der Waals surface area contributed by atoms with Crippen LogP contribution in [0.25, 0.3) is 0 Å². The van der Waals surface area contributed by atoms with Crippen LogP contribution in [0.1, 0.15) is 13.8 Å². The van der Waals surface area contributed by atoms with Crippen LogP contribution < -0.4 is 0 Å². The third-order valence-corrected chi connectivity index (χ3v) is 1.05. The summed E-state index contributed by atoms with van der Waals surface area (Å²) in [6, 6.07) is 0. The van der Waals surface area contributed by atoms with Crippen molar-refractivity contribution in [3.8, 4) is 0 Å². The summed E-state index contributed by atoms with van der Waals surface area (Å²) in [5.41, 5.74) is 0. The second kappa shape index (κ2) is 3.31. The average molecular weight is 374 g/mol. The maximum Gasteiger partial charge on any atom is 0 e. The van der Waals surface area contributed by atoms with E-state index < -0.39 is 11.1 Å². The second-order valence-electron chi connectivity index (χ2n) is 1.16. The normalized spacial score (nSPS) is 13.1. The van der Waals surface area contributed by atoms with Crippen molar-refractivity contribution in [3.05, 3.63) is 5.25 Å². The molecule has 1 N–H and O–H groups in total. The molecule has 0 saturated carbocycles. The second-order valence-corrected chi connectivity index (χ2v) is 2.47. The molecule has 0 aromatic rings. The first-order valence-corrected chi connectivity index (χ1v) is 2.66. The first-order valence-electron chi connectivity index (χ1n) is 1.55. The molecule has 0 rings (SSSR count). The van der Waals surface area contributed by atoms with Crippen molar-refractivity contribution in [3.63, 3.8) is 0 Å². The van der Waals surface area contributed by atoms with E-state index in [2.05, 4.69) is 0 Å². The Balaban J connectivity index is 0. The molecule has 0 heterocycles. The van der Waals surface area contributed by atoms with Gasteiger partial charge in [-0.25, -0.2) is 5.25 Å². The van der Waals surface area contributed by atoms with Crippen LogP contribution >= 0.6 is 0 Å². The van der Waals surface area contributed by atoms with E-state index in [0.717, 1.165) is 0 Å². The largest absolute Gasteiger partial charge is 0.332 e. The van der Waals surface area contributed by atoms with E-state index in [9.17, 15) is 4.21 Å². The zero-order chi connectivity index (χ0) is 5.15. The molecular weight excluding hydrogens is 367 g/mol.